The summed E-state index contributed by atoms with van der Waals surface area (Å²) in [7, 11) is 5.54. The molecule has 4 aromatic rings. The molecule has 0 aliphatic rings. The molecule has 0 bridgehead atoms. The zero-order valence-electron chi connectivity index (χ0n) is 28.4. The summed E-state index contributed by atoms with van der Waals surface area (Å²) in [5.41, 5.74) is 3.71. The van der Waals surface area contributed by atoms with E-state index in [9.17, 15) is 14.4 Å². The van der Waals surface area contributed by atoms with E-state index in [0.29, 0.717) is 35.9 Å². The number of amides is 2. The maximum Gasteiger partial charge on any atom is 0.412 e. The van der Waals surface area contributed by atoms with Crippen molar-refractivity contribution in [3.8, 4) is 0 Å². The number of amidine groups is 1. The molecule has 0 radical (unpaired) electrons. The lowest BCUT2D eigenvalue weighted by Gasteiger charge is -2.21. The molecule has 0 fully saturated rings. The Kier molecular flexibility index (Phi) is 13.1. The van der Waals surface area contributed by atoms with Crippen molar-refractivity contribution in [1.29, 1.82) is 0 Å². The molecule has 0 unspecified atom stereocenters. The number of nitrogens with zero attached hydrogens (tertiary/aromatic N) is 6. The first-order valence-electron chi connectivity index (χ1n) is 16.3. The van der Waals surface area contributed by atoms with Gasteiger partial charge in [-0.2, -0.15) is 0 Å². The molecule has 1 N–H and O–H groups in total. The van der Waals surface area contributed by atoms with Gasteiger partial charge in [-0.3, -0.25) is 24.8 Å². The predicted molar refractivity (Wildman–Crippen MR) is 188 cm³/mol. The summed E-state index contributed by atoms with van der Waals surface area (Å²) in [4.78, 5) is 55.0. The van der Waals surface area contributed by atoms with Gasteiger partial charge >= 0.3 is 12.1 Å². The van der Waals surface area contributed by atoms with Gasteiger partial charge in [0.25, 0.3) is 5.91 Å². The molecule has 2 aromatic heterocycles. The number of aryl methyl sites for hydroxylation is 1. The minimum Gasteiger partial charge on any atom is -0.466 e. The van der Waals surface area contributed by atoms with Crippen molar-refractivity contribution in [3.63, 3.8) is 0 Å². The number of carbonyl (C=O) groups excluding carboxylic acids is 3. The second-order valence-electron chi connectivity index (χ2n) is 11.3. The third-order valence-corrected chi connectivity index (χ3v) is 7.87. The quantitative estimate of drug-likeness (QED) is 0.0727. The molecule has 0 aliphatic heterocycles. The van der Waals surface area contributed by atoms with E-state index in [4.69, 9.17) is 14.5 Å². The van der Waals surface area contributed by atoms with Gasteiger partial charge < -0.3 is 18.9 Å². The molecule has 4 rings (SSSR count). The lowest BCUT2D eigenvalue weighted by Crippen LogP contribution is -2.34. The molecule has 254 valence electrons. The highest BCUT2D eigenvalue weighted by atomic mass is 16.5. The Bertz CT molecular complexity index is 1700. The maximum absolute atomic E-state index is 13.7. The highest BCUT2D eigenvalue weighted by Crippen LogP contribution is 2.23. The van der Waals surface area contributed by atoms with Gasteiger partial charge in [-0.1, -0.05) is 32.3 Å². The Morgan fingerprint density at radius 1 is 0.958 bits per heavy atom. The van der Waals surface area contributed by atoms with Crippen molar-refractivity contribution in [2.45, 2.75) is 52.5 Å². The number of hydrogen-bond acceptors (Lipinski definition) is 9. The van der Waals surface area contributed by atoms with Gasteiger partial charge in [-0.15, -0.1) is 0 Å². The minimum absolute atomic E-state index is 0.0499. The van der Waals surface area contributed by atoms with Crippen LogP contribution < -0.4 is 15.1 Å². The number of aliphatic imine (C=N–C) groups is 1. The molecule has 12 nitrogen and oxygen atoms in total. The normalized spacial score (nSPS) is 11.3. The number of pyridine rings is 1. The first-order valence-corrected chi connectivity index (χ1v) is 16.3. The molecule has 12 heteroatoms. The van der Waals surface area contributed by atoms with Crippen LogP contribution in [0.5, 0.6) is 0 Å². The van der Waals surface area contributed by atoms with Crippen molar-refractivity contribution >= 4 is 46.3 Å². The summed E-state index contributed by atoms with van der Waals surface area (Å²) in [6, 6.07) is 18.4. The highest BCUT2D eigenvalue weighted by Gasteiger charge is 2.22. The van der Waals surface area contributed by atoms with Crippen LogP contribution in [0.1, 0.15) is 67.7 Å². The zero-order valence-corrected chi connectivity index (χ0v) is 28.4. The molecule has 0 atom stereocenters. The largest absolute Gasteiger partial charge is 0.466 e. The van der Waals surface area contributed by atoms with Crippen LogP contribution in [0, 0.1) is 0 Å². The van der Waals surface area contributed by atoms with E-state index in [1.807, 2.05) is 49.0 Å². The van der Waals surface area contributed by atoms with Crippen molar-refractivity contribution in [3.05, 3.63) is 83.8 Å². The first kappa shape index (κ1) is 35.6. The Morgan fingerprint density at radius 3 is 2.42 bits per heavy atom. The van der Waals surface area contributed by atoms with E-state index in [0.717, 1.165) is 48.3 Å². The average Bonchev–Trinajstić information content (AvgIpc) is 3.41. The summed E-state index contributed by atoms with van der Waals surface area (Å²) in [5, 5.41) is 2.74. The fourth-order valence-electron chi connectivity index (χ4n) is 5.21. The topological polar surface area (TPSA) is 131 Å². The Labute approximate surface area is 281 Å². The van der Waals surface area contributed by atoms with Crippen LogP contribution in [0.25, 0.3) is 11.0 Å². The molecule has 2 amide bonds. The van der Waals surface area contributed by atoms with Gasteiger partial charge in [0.05, 0.1) is 37.2 Å². The number of aromatic nitrogens is 3. The van der Waals surface area contributed by atoms with E-state index >= 15 is 0 Å². The van der Waals surface area contributed by atoms with Gasteiger partial charge in [-0.05, 0) is 67.9 Å². The van der Waals surface area contributed by atoms with Crippen LogP contribution in [0.4, 0.5) is 16.3 Å². The number of unbranched alkanes of at least 4 members (excludes halogenated alkanes) is 3. The fraction of sp³-hybridized carbons (Fsp3) is 0.389. The molecular formula is C36H45N7O5. The summed E-state index contributed by atoms with van der Waals surface area (Å²) >= 11 is 0. The third kappa shape index (κ3) is 9.40. The Morgan fingerprint density at radius 2 is 1.73 bits per heavy atom. The average molecular weight is 656 g/mol. The van der Waals surface area contributed by atoms with Crippen LogP contribution in [-0.4, -0.2) is 72.2 Å². The van der Waals surface area contributed by atoms with E-state index in [-0.39, 0.29) is 31.4 Å². The number of hydrogen-bond donors (Lipinski definition) is 1. The number of esters is 1. The molecule has 0 saturated heterocycles. The van der Waals surface area contributed by atoms with E-state index < -0.39 is 6.09 Å². The number of nitrogens with one attached hydrogen (secondary N) is 1. The second kappa shape index (κ2) is 17.6. The lowest BCUT2D eigenvalue weighted by atomic mass is 10.1. The van der Waals surface area contributed by atoms with Crippen LogP contribution >= 0.6 is 0 Å². The molecule has 0 saturated carbocycles. The number of imidazole rings is 1. The van der Waals surface area contributed by atoms with Gasteiger partial charge in [-0.25, -0.2) is 14.8 Å². The van der Waals surface area contributed by atoms with Crippen molar-refractivity contribution in [1.82, 2.24) is 19.9 Å². The van der Waals surface area contributed by atoms with Crippen LogP contribution in [0.2, 0.25) is 0 Å². The second-order valence-corrected chi connectivity index (χ2v) is 11.3. The van der Waals surface area contributed by atoms with Crippen molar-refractivity contribution < 1.29 is 23.9 Å². The number of fused-ring (bicyclic) bond motifs is 1. The van der Waals surface area contributed by atoms with Gasteiger partial charge in [0.1, 0.15) is 17.5 Å². The predicted octanol–water partition coefficient (Wildman–Crippen LogP) is 5.89. The van der Waals surface area contributed by atoms with Gasteiger partial charge in [0, 0.05) is 50.7 Å². The summed E-state index contributed by atoms with van der Waals surface area (Å²) < 4.78 is 12.4. The summed E-state index contributed by atoms with van der Waals surface area (Å²) in [6.45, 7) is 5.18. The molecule has 48 heavy (non-hydrogen) atoms. The SMILES string of the molecule is CCCCCCOC(=O)NC(=NC)c1ccc(N(C)Cc2nc3cc(C(=O)N(CCC(=O)OCC)c4ccccn4)ccc3n2C)cc1. The van der Waals surface area contributed by atoms with Gasteiger partial charge in [0.2, 0.25) is 0 Å². The molecule has 2 heterocycles. The molecule has 0 spiro atoms. The Balaban J connectivity index is 1.44. The highest BCUT2D eigenvalue weighted by molar-refractivity contribution is 6.07. The monoisotopic (exact) mass is 655 g/mol. The zero-order chi connectivity index (χ0) is 34.5. The number of rotatable bonds is 15. The summed E-state index contributed by atoms with van der Waals surface area (Å²) in [6.07, 6.45) is 5.27. The smallest absolute Gasteiger partial charge is 0.412 e. The van der Waals surface area contributed by atoms with Gasteiger partial charge in [0.15, 0.2) is 0 Å². The number of carbonyl (C=O) groups is 3. The van der Waals surface area contributed by atoms with Crippen LogP contribution in [-0.2, 0) is 27.9 Å². The fourth-order valence-corrected chi connectivity index (χ4v) is 5.21. The standard InChI is InChI=1S/C36H45N7O5/c1-6-8-9-12-23-48-36(46)40-34(37-3)26-14-17-28(18-15-26)41(4)25-32-39-29-24-27(16-19-30(29)42(32)5)35(45)43(22-20-33(44)47-7-2)31-13-10-11-21-38-31/h10-11,13-19,21,24H,6-9,12,20,22-23,25H2,1-5H3,(H,37,40,46). The molecule has 2 aromatic carbocycles. The molecule has 0 aliphatic carbocycles. The van der Waals surface area contributed by atoms with Crippen LogP contribution in [0.3, 0.4) is 0 Å². The summed E-state index contributed by atoms with van der Waals surface area (Å²) in [5.74, 6) is 1.04. The number of ether oxygens (including phenoxy) is 2. The van der Waals surface area contributed by atoms with Crippen LogP contribution in [0.15, 0.2) is 71.9 Å². The van der Waals surface area contributed by atoms with Crippen molar-refractivity contribution in [2.75, 3.05) is 43.7 Å². The maximum atomic E-state index is 13.7. The Hall–Kier alpha value is -5.26. The minimum atomic E-state index is -0.513. The number of benzene rings is 2. The van der Waals surface area contributed by atoms with Crippen molar-refractivity contribution in [2.24, 2.45) is 12.0 Å². The number of alkyl carbamates (subject to hydrolysis) is 1. The lowest BCUT2D eigenvalue weighted by molar-refractivity contribution is -0.142. The third-order valence-electron chi connectivity index (χ3n) is 7.87. The molecular weight excluding hydrogens is 610 g/mol. The van der Waals surface area contributed by atoms with E-state index in [1.165, 1.54) is 4.90 Å². The van der Waals surface area contributed by atoms with E-state index in [2.05, 4.69) is 27.1 Å². The first-order chi connectivity index (χ1) is 23.2. The number of anilines is 2. The van der Waals surface area contributed by atoms with E-state index in [1.54, 1.807) is 50.5 Å².